The molecular formula is C13H14Cl2N2O. The highest BCUT2D eigenvalue weighted by Gasteiger charge is 2.12. The normalized spacial score (nSPS) is 15.7. The van der Waals surface area contributed by atoms with Crippen LogP contribution in [-0.4, -0.2) is 30.6 Å². The lowest BCUT2D eigenvalue weighted by atomic mass is 10.1. The molecule has 2 rings (SSSR count). The molecule has 0 unspecified atom stereocenters. The summed E-state index contributed by atoms with van der Waals surface area (Å²) in [5.74, 6) is 0. The van der Waals surface area contributed by atoms with Gasteiger partial charge in [-0.3, -0.25) is 0 Å². The third-order valence-electron chi connectivity index (χ3n) is 3.15. The van der Waals surface area contributed by atoms with Crippen molar-refractivity contribution >= 4 is 35.0 Å². The molecule has 1 aliphatic rings. The van der Waals surface area contributed by atoms with E-state index in [1.807, 2.05) is 12.1 Å². The Hall–Kier alpha value is -0.860. The lowest BCUT2D eigenvalue weighted by Crippen LogP contribution is -2.21. The van der Waals surface area contributed by atoms with Crippen LogP contribution in [0.4, 0.5) is 5.69 Å². The van der Waals surface area contributed by atoms with Gasteiger partial charge in [0.2, 0.25) is 6.08 Å². The number of aliphatic imine (C=N–C) groups is 1. The van der Waals surface area contributed by atoms with Gasteiger partial charge in [-0.25, -0.2) is 4.79 Å². The summed E-state index contributed by atoms with van der Waals surface area (Å²) in [6, 6.07) is 3.64. The Morgan fingerprint density at radius 2 is 1.83 bits per heavy atom. The number of benzene rings is 1. The minimum atomic E-state index is 0.304. The number of isocyanates is 1. The third-order valence-corrected chi connectivity index (χ3v) is 3.73. The van der Waals surface area contributed by atoms with Crippen LogP contribution >= 0.6 is 23.2 Å². The highest BCUT2D eigenvalue weighted by Crippen LogP contribution is 2.34. The van der Waals surface area contributed by atoms with E-state index in [0.717, 1.165) is 18.5 Å². The Morgan fingerprint density at radius 3 is 2.39 bits per heavy atom. The van der Waals surface area contributed by atoms with Gasteiger partial charge in [-0.2, -0.15) is 4.99 Å². The number of halogens is 2. The van der Waals surface area contributed by atoms with Crippen molar-refractivity contribution in [3.63, 3.8) is 0 Å². The van der Waals surface area contributed by atoms with Gasteiger partial charge in [0.25, 0.3) is 0 Å². The highest BCUT2D eigenvalue weighted by atomic mass is 35.5. The molecule has 1 fully saturated rings. The van der Waals surface area contributed by atoms with E-state index in [2.05, 4.69) is 9.89 Å². The van der Waals surface area contributed by atoms with E-state index in [1.54, 1.807) is 0 Å². The molecular weight excluding hydrogens is 271 g/mol. The molecule has 1 saturated heterocycles. The maximum absolute atomic E-state index is 10.2. The van der Waals surface area contributed by atoms with E-state index in [-0.39, 0.29) is 0 Å². The predicted molar refractivity (Wildman–Crippen MR) is 73.6 cm³/mol. The van der Waals surface area contributed by atoms with Crippen molar-refractivity contribution in [3.8, 4) is 0 Å². The van der Waals surface area contributed by atoms with Crippen molar-refractivity contribution < 1.29 is 4.79 Å². The molecule has 1 aromatic carbocycles. The lowest BCUT2D eigenvalue weighted by Gasteiger charge is -2.14. The van der Waals surface area contributed by atoms with Gasteiger partial charge in [-0.1, -0.05) is 23.2 Å². The van der Waals surface area contributed by atoms with Gasteiger partial charge in [0.15, 0.2) is 0 Å². The predicted octanol–water partition coefficient (Wildman–Crippen LogP) is 3.60. The first-order valence-corrected chi connectivity index (χ1v) is 6.74. The van der Waals surface area contributed by atoms with Crippen LogP contribution in [0.25, 0.3) is 0 Å². The standard InChI is InChI=1S/C13H14Cl2N2O/c14-11-7-10(3-6-17-4-1-2-5-17)8-12(15)13(11)16-9-18/h7-8H,1-6H2. The Morgan fingerprint density at radius 1 is 1.22 bits per heavy atom. The number of rotatable bonds is 4. The smallest absolute Gasteiger partial charge is 0.240 e. The van der Waals surface area contributed by atoms with Crippen LogP contribution in [0, 0.1) is 0 Å². The molecule has 0 bridgehead atoms. The van der Waals surface area contributed by atoms with Gasteiger partial charge < -0.3 is 4.90 Å². The van der Waals surface area contributed by atoms with Crippen LogP contribution in [-0.2, 0) is 11.2 Å². The largest absolute Gasteiger partial charge is 0.303 e. The van der Waals surface area contributed by atoms with E-state index in [1.165, 1.54) is 32.0 Å². The molecule has 1 heterocycles. The van der Waals surface area contributed by atoms with Gasteiger partial charge in [0.05, 0.1) is 10.0 Å². The number of hydrogen-bond donors (Lipinski definition) is 0. The van der Waals surface area contributed by atoms with Gasteiger partial charge in [-0.05, 0) is 50.0 Å². The fraction of sp³-hybridized carbons (Fsp3) is 0.462. The summed E-state index contributed by atoms with van der Waals surface area (Å²) in [5, 5.41) is 0.810. The summed E-state index contributed by atoms with van der Waals surface area (Å²) in [5.41, 5.74) is 1.38. The number of nitrogens with zero attached hydrogens (tertiary/aromatic N) is 2. The molecule has 0 aliphatic carbocycles. The zero-order valence-electron chi connectivity index (χ0n) is 9.96. The third kappa shape index (κ3) is 3.33. The topological polar surface area (TPSA) is 32.7 Å². The van der Waals surface area contributed by atoms with Crippen molar-refractivity contribution in [2.75, 3.05) is 19.6 Å². The van der Waals surface area contributed by atoms with Crippen LogP contribution in [0.3, 0.4) is 0 Å². The number of hydrogen-bond acceptors (Lipinski definition) is 3. The Kier molecular flexibility index (Phi) is 4.79. The summed E-state index contributed by atoms with van der Waals surface area (Å²) in [6.07, 6.45) is 4.94. The average molecular weight is 285 g/mol. The average Bonchev–Trinajstić information content (AvgIpc) is 2.84. The second-order valence-corrected chi connectivity index (χ2v) is 5.22. The fourth-order valence-corrected chi connectivity index (χ4v) is 2.83. The van der Waals surface area contributed by atoms with Crippen molar-refractivity contribution in [2.24, 2.45) is 4.99 Å². The maximum Gasteiger partial charge on any atom is 0.240 e. The fourth-order valence-electron chi connectivity index (χ4n) is 2.21. The molecule has 0 amide bonds. The van der Waals surface area contributed by atoms with Crippen LogP contribution < -0.4 is 0 Å². The molecule has 18 heavy (non-hydrogen) atoms. The molecule has 0 atom stereocenters. The highest BCUT2D eigenvalue weighted by molar-refractivity contribution is 6.38. The summed E-state index contributed by atoms with van der Waals surface area (Å²) in [7, 11) is 0. The molecule has 1 aliphatic heterocycles. The molecule has 0 radical (unpaired) electrons. The summed E-state index contributed by atoms with van der Waals surface area (Å²) in [6.45, 7) is 3.37. The first kappa shape index (κ1) is 13.6. The second kappa shape index (κ2) is 6.35. The van der Waals surface area contributed by atoms with Crippen LogP contribution in [0.15, 0.2) is 17.1 Å². The molecule has 0 spiro atoms. The van der Waals surface area contributed by atoms with Crippen LogP contribution in [0.1, 0.15) is 18.4 Å². The monoisotopic (exact) mass is 284 g/mol. The molecule has 96 valence electrons. The quantitative estimate of drug-likeness (QED) is 0.625. The number of carbonyl (C=O) groups excluding carboxylic acids is 1. The van der Waals surface area contributed by atoms with Crippen molar-refractivity contribution in [1.29, 1.82) is 0 Å². The maximum atomic E-state index is 10.2. The molecule has 0 N–H and O–H groups in total. The lowest BCUT2D eigenvalue weighted by molar-refractivity contribution is 0.343. The Balaban J connectivity index is 2.07. The molecule has 0 saturated carbocycles. The Labute approximate surface area is 116 Å². The number of likely N-dealkylation sites (tertiary alicyclic amines) is 1. The molecule has 1 aromatic rings. The van der Waals surface area contributed by atoms with E-state index >= 15 is 0 Å². The van der Waals surface area contributed by atoms with E-state index in [9.17, 15) is 4.79 Å². The molecule has 3 nitrogen and oxygen atoms in total. The van der Waals surface area contributed by atoms with E-state index < -0.39 is 0 Å². The SMILES string of the molecule is O=C=Nc1c(Cl)cc(CCN2CCCC2)cc1Cl. The van der Waals surface area contributed by atoms with Gasteiger partial charge in [-0.15, -0.1) is 0 Å². The summed E-state index contributed by atoms with van der Waals surface area (Å²) < 4.78 is 0. The Bertz CT molecular complexity index is 455. The zero-order chi connectivity index (χ0) is 13.0. The first-order valence-electron chi connectivity index (χ1n) is 5.99. The minimum absolute atomic E-state index is 0.304. The second-order valence-electron chi connectivity index (χ2n) is 4.41. The van der Waals surface area contributed by atoms with Crippen LogP contribution in [0.2, 0.25) is 10.0 Å². The molecule has 5 heteroatoms. The van der Waals surface area contributed by atoms with Crippen LogP contribution in [0.5, 0.6) is 0 Å². The van der Waals surface area contributed by atoms with Gasteiger partial charge in [0, 0.05) is 6.54 Å². The van der Waals surface area contributed by atoms with Gasteiger partial charge in [0.1, 0.15) is 5.69 Å². The zero-order valence-corrected chi connectivity index (χ0v) is 11.5. The summed E-state index contributed by atoms with van der Waals surface area (Å²) >= 11 is 12.1. The summed E-state index contributed by atoms with van der Waals surface area (Å²) in [4.78, 5) is 16.2. The van der Waals surface area contributed by atoms with Crippen molar-refractivity contribution in [2.45, 2.75) is 19.3 Å². The van der Waals surface area contributed by atoms with E-state index in [0.29, 0.717) is 15.7 Å². The van der Waals surface area contributed by atoms with Crippen molar-refractivity contribution in [1.82, 2.24) is 4.90 Å². The minimum Gasteiger partial charge on any atom is -0.303 e. The van der Waals surface area contributed by atoms with E-state index in [4.69, 9.17) is 23.2 Å². The molecule has 0 aromatic heterocycles. The van der Waals surface area contributed by atoms with Crippen molar-refractivity contribution in [3.05, 3.63) is 27.7 Å². The first-order chi connectivity index (χ1) is 8.70. The van der Waals surface area contributed by atoms with Gasteiger partial charge >= 0.3 is 0 Å².